The van der Waals surface area contributed by atoms with E-state index in [-0.39, 0.29) is 11.6 Å². The normalized spacial score (nSPS) is 12.2. The van der Waals surface area contributed by atoms with Gasteiger partial charge in [0, 0.05) is 5.56 Å². The molecule has 0 unspecified atom stereocenters. The Kier molecular flexibility index (Phi) is 4.97. The first-order valence-electron chi connectivity index (χ1n) is 6.74. The molecule has 0 radical (unpaired) electrons. The Hall–Kier alpha value is -2.15. The summed E-state index contributed by atoms with van der Waals surface area (Å²) in [7, 11) is 0. The van der Waals surface area contributed by atoms with Crippen LogP contribution in [0.4, 0.5) is 0 Å². The molecule has 6 nitrogen and oxygen atoms in total. The van der Waals surface area contributed by atoms with E-state index in [1.54, 1.807) is 13.8 Å². The number of carboxylic acid groups (broad SMARTS) is 1. The highest BCUT2D eigenvalue weighted by Gasteiger charge is 2.26. The zero-order chi connectivity index (χ0) is 16.3. The summed E-state index contributed by atoms with van der Waals surface area (Å²) in [6, 6.07) is 8.42. The molecule has 1 atom stereocenters. The van der Waals surface area contributed by atoms with Crippen LogP contribution in [0.25, 0.3) is 11.3 Å². The van der Waals surface area contributed by atoms with Crippen LogP contribution < -0.4 is 5.32 Å². The number of aliphatic carboxylic acids is 1. The number of rotatable bonds is 5. The van der Waals surface area contributed by atoms with Crippen LogP contribution in [0.2, 0.25) is 0 Å². The van der Waals surface area contributed by atoms with E-state index in [9.17, 15) is 9.59 Å². The van der Waals surface area contributed by atoms with Crippen LogP contribution in [-0.4, -0.2) is 33.2 Å². The fourth-order valence-electron chi connectivity index (χ4n) is 1.99. The number of amides is 1. The van der Waals surface area contributed by atoms with Gasteiger partial charge in [0.2, 0.25) is 0 Å². The Balaban J connectivity index is 2.25. The predicted molar refractivity (Wildman–Crippen MR) is 85.5 cm³/mol. The van der Waals surface area contributed by atoms with Crippen molar-refractivity contribution in [1.29, 1.82) is 0 Å². The van der Waals surface area contributed by atoms with E-state index in [4.69, 9.17) is 5.11 Å². The predicted octanol–water partition coefficient (Wildman–Crippen LogP) is 2.68. The Morgan fingerprint density at radius 1 is 1.27 bits per heavy atom. The van der Waals surface area contributed by atoms with Gasteiger partial charge in [-0.1, -0.05) is 44.2 Å². The third-order valence-electron chi connectivity index (χ3n) is 3.20. The number of hydrogen-bond donors (Lipinski definition) is 3. The minimum Gasteiger partial charge on any atom is -0.480 e. The summed E-state index contributed by atoms with van der Waals surface area (Å²) in [4.78, 5) is 23.4. The van der Waals surface area contributed by atoms with Crippen LogP contribution in [0, 0.1) is 5.92 Å². The highest BCUT2D eigenvalue weighted by atomic mass is 79.9. The van der Waals surface area contributed by atoms with Gasteiger partial charge in [-0.15, -0.1) is 0 Å². The molecule has 3 N–H and O–H groups in total. The van der Waals surface area contributed by atoms with Crippen LogP contribution in [0.5, 0.6) is 0 Å². The molecule has 0 aliphatic heterocycles. The van der Waals surface area contributed by atoms with E-state index in [0.29, 0.717) is 10.2 Å². The van der Waals surface area contributed by atoms with Crippen LogP contribution in [0.15, 0.2) is 34.8 Å². The molecule has 0 saturated carbocycles. The van der Waals surface area contributed by atoms with Gasteiger partial charge in [-0.2, -0.15) is 5.10 Å². The molecular weight excluding hydrogens is 350 g/mol. The molecule has 116 valence electrons. The molecule has 1 aromatic carbocycles. The van der Waals surface area contributed by atoms with E-state index in [2.05, 4.69) is 31.4 Å². The van der Waals surface area contributed by atoms with Crippen molar-refractivity contribution in [2.75, 3.05) is 0 Å². The van der Waals surface area contributed by atoms with Gasteiger partial charge in [0.1, 0.15) is 17.4 Å². The average Bonchev–Trinajstić information content (AvgIpc) is 2.86. The van der Waals surface area contributed by atoms with Gasteiger partial charge in [-0.3, -0.25) is 9.89 Å². The second kappa shape index (κ2) is 6.74. The molecule has 0 aliphatic carbocycles. The number of hydrogen-bond acceptors (Lipinski definition) is 3. The minimum absolute atomic E-state index is 0.200. The number of nitrogens with one attached hydrogen (secondary N) is 2. The molecule has 22 heavy (non-hydrogen) atoms. The lowest BCUT2D eigenvalue weighted by Gasteiger charge is -2.17. The molecule has 0 spiro atoms. The summed E-state index contributed by atoms with van der Waals surface area (Å²) in [5.74, 6) is -1.80. The fourth-order valence-corrected chi connectivity index (χ4v) is 2.58. The van der Waals surface area contributed by atoms with Crippen molar-refractivity contribution in [3.8, 4) is 11.3 Å². The van der Waals surface area contributed by atoms with Crippen molar-refractivity contribution in [2.45, 2.75) is 19.9 Å². The highest BCUT2D eigenvalue weighted by molar-refractivity contribution is 9.10. The molecule has 0 bridgehead atoms. The minimum atomic E-state index is -1.07. The van der Waals surface area contributed by atoms with Gasteiger partial charge < -0.3 is 10.4 Å². The summed E-state index contributed by atoms with van der Waals surface area (Å²) >= 11 is 3.35. The van der Waals surface area contributed by atoms with E-state index >= 15 is 0 Å². The Morgan fingerprint density at radius 3 is 2.45 bits per heavy atom. The average molecular weight is 366 g/mol. The Labute approximate surface area is 136 Å². The van der Waals surface area contributed by atoms with E-state index in [1.165, 1.54) is 0 Å². The number of halogens is 1. The van der Waals surface area contributed by atoms with Gasteiger partial charge in [0.05, 0.1) is 4.47 Å². The van der Waals surface area contributed by atoms with Gasteiger partial charge in [0.15, 0.2) is 0 Å². The number of benzene rings is 1. The van der Waals surface area contributed by atoms with Gasteiger partial charge in [-0.05, 0) is 21.8 Å². The molecular formula is C15H16BrN3O3. The topological polar surface area (TPSA) is 95.1 Å². The van der Waals surface area contributed by atoms with Gasteiger partial charge in [0.25, 0.3) is 5.91 Å². The third-order valence-corrected chi connectivity index (χ3v) is 3.97. The van der Waals surface area contributed by atoms with Gasteiger partial charge in [-0.25, -0.2) is 4.79 Å². The zero-order valence-corrected chi connectivity index (χ0v) is 13.7. The maximum Gasteiger partial charge on any atom is 0.326 e. The van der Waals surface area contributed by atoms with Gasteiger partial charge >= 0.3 is 5.97 Å². The summed E-state index contributed by atoms with van der Waals surface area (Å²) < 4.78 is 0.504. The number of aromatic amines is 1. The monoisotopic (exact) mass is 365 g/mol. The third kappa shape index (κ3) is 3.36. The smallest absolute Gasteiger partial charge is 0.326 e. The molecule has 1 heterocycles. The number of aromatic nitrogens is 2. The van der Waals surface area contributed by atoms with Crippen molar-refractivity contribution < 1.29 is 14.7 Å². The largest absolute Gasteiger partial charge is 0.480 e. The summed E-state index contributed by atoms with van der Waals surface area (Å²) in [6.07, 6.45) is 0. The molecule has 0 aliphatic rings. The Bertz CT molecular complexity index is 683. The molecule has 0 fully saturated rings. The first-order valence-corrected chi connectivity index (χ1v) is 7.54. The number of H-pyrrole nitrogens is 1. The second-order valence-corrected chi connectivity index (χ2v) is 5.95. The van der Waals surface area contributed by atoms with E-state index in [1.807, 2.05) is 30.3 Å². The quantitative estimate of drug-likeness (QED) is 0.758. The van der Waals surface area contributed by atoms with Crippen LogP contribution in [-0.2, 0) is 4.79 Å². The fraction of sp³-hybridized carbons (Fsp3) is 0.267. The van der Waals surface area contributed by atoms with Crippen molar-refractivity contribution in [2.24, 2.45) is 5.92 Å². The van der Waals surface area contributed by atoms with Crippen molar-refractivity contribution in [3.05, 3.63) is 40.5 Å². The lowest BCUT2D eigenvalue weighted by Crippen LogP contribution is -2.44. The molecule has 0 saturated heterocycles. The second-order valence-electron chi connectivity index (χ2n) is 5.16. The van der Waals surface area contributed by atoms with E-state index in [0.717, 1.165) is 5.56 Å². The maximum absolute atomic E-state index is 12.3. The molecule has 1 aromatic heterocycles. The summed E-state index contributed by atoms with van der Waals surface area (Å²) in [5, 5.41) is 18.4. The summed E-state index contributed by atoms with van der Waals surface area (Å²) in [6.45, 7) is 3.47. The molecule has 7 heteroatoms. The first kappa shape index (κ1) is 16.2. The van der Waals surface area contributed by atoms with E-state index < -0.39 is 17.9 Å². The van der Waals surface area contributed by atoms with Crippen LogP contribution in [0.1, 0.15) is 24.3 Å². The SMILES string of the molecule is CC(C)[C@H](NC(=O)c1[nH]nc(-c2ccccc2)c1Br)C(=O)O. The molecule has 2 rings (SSSR count). The van der Waals surface area contributed by atoms with Crippen molar-refractivity contribution >= 4 is 27.8 Å². The number of carboxylic acids is 1. The molecule has 2 aromatic rings. The lowest BCUT2D eigenvalue weighted by molar-refractivity contribution is -0.140. The standard InChI is InChI=1S/C15H16BrN3O3/c1-8(2)11(15(21)22)17-14(20)13-10(16)12(18-19-13)9-6-4-3-5-7-9/h3-8,11H,1-2H3,(H,17,20)(H,18,19)(H,21,22)/t11-/m0/s1. The lowest BCUT2D eigenvalue weighted by atomic mass is 10.0. The highest BCUT2D eigenvalue weighted by Crippen LogP contribution is 2.28. The number of carbonyl (C=O) groups is 2. The molecule has 1 amide bonds. The van der Waals surface area contributed by atoms with Crippen molar-refractivity contribution in [1.82, 2.24) is 15.5 Å². The van der Waals surface area contributed by atoms with Crippen LogP contribution >= 0.6 is 15.9 Å². The zero-order valence-electron chi connectivity index (χ0n) is 12.1. The van der Waals surface area contributed by atoms with Crippen LogP contribution in [0.3, 0.4) is 0 Å². The summed E-state index contributed by atoms with van der Waals surface area (Å²) in [5.41, 5.74) is 1.65. The maximum atomic E-state index is 12.3. The first-order chi connectivity index (χ1) is 10.4. The Morgan fingerprint density at radius 2 is 1.91 bits per heavy atom. The number of nitrogens with zero attached hydrogens (tertiary/aromatic N) is 1. The van der Waals surface area contributed by atoms with Crippen molar-refractivity contribution in [3.63, 3.8) is 0 Å². The number of carbonyl (C=O) groups excluding carboxylic acids is 1.